The van der Waals surface area contributed by atoms with Crippen LogP contribution in [0.3, 0.4) is 0 Å². The number of ether oxygens (including phenoxy) is 3. The van der Waals surface area contributed by atoms with E-state index in [1.807, 2.05) is 0 Å². The smallest absolute Gasteiger partial charge is 0.406 e. The Bertz CT molecular complexity index is 513. The molecule has 1 N–H and O–H groups in total. The normalized spacial score (nSPS) is 17.7. The summed E-state index contributed by atoms with van der Waals surface area (Å²) in [7, 11) is 0. The lowest BCUT2D eigenvalue weighted by atomic mass is 10.2. The number of benzene rings is 1. The number of alkyl halides is 3. The van der Waals surface area contributed by atoms with Crippen LogP contribution in [0.4, 0.5) is 13.2 Å². The predicted molar refractivity (Wildman–Crippen MR) is 79.9 cm³/mol. The number of halogens is 3. The van der Waals surface area contributed by atoms with Crippen molar-refractivity contribution >= 4 is 5.91 Å². The summed E-state index contributed by atoms with van der Waals surface area (Å²) in [5.41, 5.74) is 0.268. The van der Waals surface area contributed by atoms with Gasteiger partial charge in [0.05, 0.1) is 12.7 Å². The second kappa shape index (κ2) is 8.89. The first-order valence-corrected chi connectivity index (χ1v) is 7.77. The van der Waals surface area contributed by atoms with Crippen molar-refractivity contribution in [2.45, 2.75) is 31.7 Å². The van der Waals surface area contributed by atoms with E-state index in [4.69, 9.17) is 9.47 Å². The molecule has 1 unspecified atom stereocenters. The first-order chi connectivity index (χ1) is 11.4. The van der Waals surface area contributed by atoms with Crippen molar-refractivity contribution in [3.05, 3.63) is 29.8 Å². The van der Waals surface area contributed by atoms with Crippen molar-refractivity contribution in [2.75, 3.05) is 26.4 Å². The lowest BCUT2D eigenvalue weighted by Gasteiger charge is -2.11. The topological polar surface area (TPSA) is 56.8 Å². The molecule has 0 saturated carbocycles. The molecule has 0 aromatic heterocycles. The van der Waals surface area contributed by atoms with E-state index in [-0.39, 0.29) is 23.3 Å². The molecule has 1 aliphatic heterocycles. The second-order valence-corrected chi connectivity index (χ2v) is 5.39. The molecule has 2 rings (SSSR count). The van der Waals surface area contributed by atoms with E-state index < -0.39 is 6.36 Å². The molecule has 24 heavy (non-hydrogen) atoms. The fourth-order valence-corrected chi connectivity index (χ4v) is 2.28. The molecule has 1 amide bonds. The van der Waals surface area contributed by atoms with Gasteiger partial charge in [0.1, 0.15) is 5.75 Å². The molecule has 1 atom stereocenters. The Labute approximate surface area is 138 Å². The highest BCUT2D eigenvalue weighted by atomic mass is 19.4. The molecule has 0 bridgehead atoms. The SMILES string of the molecule is O=C(NCCCOCC1CCCO1)c1ccc(OC(F)(F)F)cc1. The molecule has 8 heteroatoms. The highest BCUT2D eigenvalue weighted by Gasteiger charge is 2.31. The van der Waals surface area contributed by atoms with Gasteiger partial charge in [0.25, 0.3) is 5.91 Å². The van der Waals surface area contributed by atoms with Crippen LogP contribution in [0.1, 0.15) is 29.6 Å². The number of amides is 1. The quantitative estimate of drug-likeness (QED) is 0.735. The van der Waals surface area contributed by atoms with Gasteiger partial charge >= 0.3 is 6.36 Å². The molecule has 0 aliphatic carbocycles. The molecular formula is C16H20F3NO4. The van der Waals surface area contributed by atoms with Crippen molar-refractivity contribution in [1.82, 2.24) is 5.32 Å². The van der Waals surface area contributed by atoms with E-state index in [2.05, 4.69) is 10.1 Å². The minimum absolute atomic E-state index is 0.178. The number of carbonyl (C=O) groups is 1. The molecular weight excluding hydrogens is 327 g/mol. The van der Waals surface area contributed by atoms with Crippen molar-refractivity contribution in [3.8, 4) is 5.75 Å². The predicted octanol–water partition coefficient (Wildman–Crippen LogP) is 2.90. The molecule has 134 valence electrons. The van der Waals surface area contributed by atoms with E-state index in [9.17, 15) is 18.0 Å². The molecule has 1 aliphatic rings. The Morgan fingerprint density at radius 3 is 2.67 bits per heavy atom. The number of nitrogens with one attached hydrogen (secondary N) is 1. The molecule has 1 saturated heterocycles. The highest BCUT2D eigenvalue weighted by Crippen LogP contribution is 2.22. The van der Waals surface area contributed by atoms with E-state index >= 15 is 0 Å². The Hall–Kier alpha value is -1.80. The van der Waals surface area contributed by atoms with Crippen molar-refractivity contribution < 1.29 is 32.2 Å². The van der Waals surface area contributed by atoms with Crippen LogP contribution in [0.15, 0.2) is 24.3 Å². The lowest BCUT2D eigenvalue weighted by Crippen LogP contribution is -2.25. The molecule has 1 aromatic carbocycles. The van der Waals surface area contributed by atoms with Crippen molar-refractivity contribution in [1.29, 1.82) is 0 Å². The Morgan fingerprint density at radius 1 is 1.29 bits per heavy atom. The zero-order valence-electron chi connectivity index (χ0n) is 13.1. The molecule has 1 fully saturated rings. The number of hydrogen-bond acceptors (Lipinski definition) is 4. The zero-order valence-corrected chi connectivity index (χ0v) is 13.1. The average Bonchev–Trinajstić information content (AvgIpc) is 3.03. The summed E-state index contributed by atoms with van der Waals surface area (Å²) < 4.78 is 50.8. The van der Waals surface area contributed by atoms with Gasteiger partial charge in [-0.15, -0.1) is 13.2 Å². The maximum absolute atomic E-state index is 12.0. The average molecular weight is 347 g/mol. The van der Waals surface area contributed by atoms with Gasteiger partial charge in [-0.1, -0.05) is 0 Å². The number of carbonyl (C=O) groups excluding carboxylic acids is 1. The monoisotopic (exact) mass is 347 g/mol. The Kier molecular flexibility index (Phi) is 6.86. The summed E-state index contributed by atoms with van der Waals surface area (Å²) >= 11 is 0. The maximum Gasteiger partial charge on any atom is 0.573 e. The summed E-state index contributed by atoms with van der Waals surface area (Å²) in [6.45, 7) is 2.29. The fraction of sp³-hybridized carbons (Fsp3) is 0.562. The van der Waals surface area contributed by atoms with Crippen molar-refractivity contribution in [2.24, 2.45) is 0 Å². The van der Waals surface area contributed by atoms with Crippen LogP contribution in [0.5, 0.6) is 5.75 Å². The van der Waals surface area contributed by atoms with Crippen molar-refractivity contribution in [3.63, 3.8) is 0 Å². The largest absolute Gasteiger partial charge is 0.573 e. The van der Waals surface area contributed by atoms with Crippen LogP contribution >= 0.6 is 0 Å². The van der Waals surface area contributed by atoms with E-state index in [1.165, 1.54) is 12.1 Å². The lowest BCUT2D eigenvalue weighted by molar-refractivity contribution is -0.274. The summed E-state index contributed by atoms with van der Waals surface area (Å²) in [6.07, 6.45) is -1.83. The Morgan fingerprint density at radius 2 is 2.04 bits per heavy atom. The molecule has 0 spiro atoms. The highest BCUT2D eigenvalue weighted by molar-refractivity contribution is 5.94. The van der Waals surface area contributed by atoms with Crippen LogP contribution in [-0.4, -0.2) is 44.7 Å². The summed E-state index contributed by atoms with van der Waals surface area (Å²) in [5.74, 6) is -0.714. The van der Waals surface area contributed by atoms with Crippen LogP contribution in [0.2, 0.25) is 0 Å². The van der Waals surface area contributed by atoms with Gasteiger partial charge in [-0.05, 0) is 43.5 Å². The molecule has 1 heterocycles. The van der Waals surface area contributed by atoms with Gasteiger partial charge in [-0.2, -0.15) is 0 Å². The Balaban J connectivity index is 1.61. The summed E-state index contributed by atoms with van der Waals surface area (Å²) in [5, 5.41) is 2.68. The minimum atomic E-state index is -4.74. The second-order valence-electron chi connectivity index (χ2n) is 5.39. The van der Waals surface area contributed by atoms with E-state index in [1.54, 1.807) is 0 Å². The third-order valence-electron chi connectivity index (χ3n) is 3.43. The van der Waals surface area contributed by atoms with Crippen LogP contribution in [0, 0.1) is 0 Å². The first-order valence-electron chi connectivity index (χ1n) is 7.77. The maximum atomic E-state index is 12.0. The van der Waals surface area contributed by atoms with E-state index in [0.717, 1.165) is 31.6 Å². The fourth-order valence-electron chi connectivity index (χ4n) is 2.28. The van der Waals surface area contributed by atoms with Gasteiger partial charge in [-0.3, -0.25) is 4.79 Å². The minimum Gasteiger partial charge on any atom is -0.406 e. The standard InChI is InChI=1S/C16H20F3NO4/c17-16(18,19)24-13-6-4-12(5-7-13)15(21)20-8-2-9-22-11-14-3-1-10-23-14/h4-7,14H,1-3,8-11H2,(H,20,21). The van der Waals surface area contributed by atoms with Crippen LogP contribution < -0.4 is 10.1 Å². The molecule has 5 nitrogen and oxygen atoms in total. The van der Waals surface area contributed by atoms with Gasteiger partial charge in [0.2, 0.25) is 0 Å². The summed E-state index contributed by atoms with van der Waals surface area (Å²) in [6, 6.07) is 4.77. The van der Waals surface area contributed by atoms with E-state index in [0.29, 0.717) is 26.2 Å². The van der Waals surface area contributed by atoms with Gasteiger partial charge in [0.15, 0.2) is 0 Å². The van der Waals surface area contributed by atoms with Gasteiger partial charge in [-0.25, -0.2) is 0 Å². The third-order valence-corrected chi connectivity index (χ3v) is 3.43. The third kappa shape index (κ3) is 6.76. The van der Waals surface area contributed by atoms with Crippen LogP contribution in [0.25, 0.3) is 0 Å². The number of rotatable bonds is 8. The van der Waals surface area contributed by atoms with Gasteiger partial charge in [0, 0.05) is 25.3 Å². The molecule has 0 radical (unpaired) electrons. The zero-order chi connectivity index (χ0) is 17.4. The number of hydrogen-bond donors (Lipinski definition) is 1. The molecule has 1 aromatic rings. The van der Waals surface area contributed by atoms with Crippen LogP contribution in [-0.2, 0) is 9.47 Å². The first kappa shape index (κ1) is 18.5. The summed E-state index contributed by atoms with van der Waals surface area (Å²) in [4.78, 5) is 11.8. The van der Waals surface area contributed by atoms with Gasteiger partial charge < -0.3 is 19.5 Å².